The van der Waals surface area contributed by atoms with Crippen LogP contribution >= 0.6 is 0 Å². The summed E-state index contributed by atoms with van der Waals surface area (Å²) in [6, 6.07) is 10.7. The fraction of sp³-hybridized carbons (Fsp3) is 0.0909. The van der Waals surface area contributed by atoms with Crippen LogP contribution in [0.25, 0.3) is 10.9 Å². The third kappa shape index (κ3) is 3.79. The van der Waals surface area contributed by atoms with Gasteiger partial charge in [0.15, 0.2) is 28.8 Å². The number of anilines is 2. The molecule has 2 aromatic heterocycles. The number of carbonyl (C=O) groups excluding carboxylic acids is 1. The largest absolute Gasteiger partial charge is 0.434 e. The fourth-order valence-electron chi connectivity index (χ4n) is 3.14. The Balaban J connectivity index is 1.67. The minimum atomic E-state index is -0.785. The van der Waals surface area contributed by atoms with Crippen molar-refractivity contribution in [2.75, 3.05) is 12.4 Å². The first-order valence-electron chi connectivity index (χ1n) is 9.40. The standard InChI is InChI=1S/C22H16F2N6O2/c1-11-7-14-18(24)17(8-16(23)19(14)29-11)32-22-15(9-25)20(27-10-28-22)30-13-5-3-12(4-6-13)21(31)26-2/h3-8,10,29H,1-2H3,(H,26,31)(H,27,28,30). The molecule has 0 aliphatic heterocycles. The fourth-order valence-corrected chi connectivity index (χ4v) is 3.14. The van der Waals surface area contributed by atoms with E-state index in [-0.39, 0.29) is 34.1 Å². The van der Waals surface area contributed by atoms with Gasteiger partial charge in [0, 0.05) is 35.4 Å². The molecule has 4 rings (SSSR count). The van der Waals surface area contributed by atoms with E-state index in [4.69, 9.17) is 4.74 Å². The number of rotatable bonds is 5. The molecule has 0 spiro atoms. The van der Waals surface area contributed by atoms with Gasteiger partial charge in [0.05, 0.1) is 5.52 Å². The van der Waals surface area contributed by atoms with Crippen LogP contribution in [-0.2, 0) is 0 Å². The average Bonchev–Trinajstić information content (AvgIpc) is 3.20. The van der Waals surface area contributed by atoms with Gasteiger partial charge in [0.2, 0.25) is 5.88 Å². The first kappa shape index (κ1) is 20.7. The Morgan fingerprint density at radius 1 is 1.19 bits per heavy atom. The zero-order chi connectivity index (χ0) is 22.8. The zero-order valence-corrected chi connectivity index (χ0v) is 17.0. The molecule has 0 radical (unpaired) electrons. The van der Waals surface area contributed by atoms with E-state index in [9.17, 15) is 18.8 Å². The van der Waals surface area contributed by atoms with Crippen molar-refractivity contribution in [3.63, 3.8) is 0 Å². The van der Waals surface area contributed by atoms with Gasteiger partial charge in [-0.05, 0) is 37.3 Å². The summed E-state index contributed by atoms with van der Waals surface area (Å²) >= 11 is 0. The molecule has 1 amide bonds. The second kappa shape index (κ2) is 8.31. The monoisotopic (exact) mass is 434 g/mol. The van der Waals surface area contributed by atoms with Crippen molar-refractivity contribution >= 4 is 28.3 Å². The molecular weight excluding hydrogens is 418 g/mol. The molecule has 2 aromatic carbocycles. The maximum atomic E-state index is 14.9. The van der Waals surface area contributed by atoms with Gasteiger partial charge < -0.3 is 20.4 Å². The Bertz CT molecular complexity index is 1380. The molecule has 2 heterocycles. The third-order valence-corrected chi connectivity index (χ3v) is 4.67. The smallest absolute Gasteiger partial charge is 0.251 e. The average molecular weight is 434 g/mol. The minimum Gasteiger partial charge on any atom is -0.434 e. The second-order valence-corrected chi connectivity index (χ2v) is 6.81. The van der Waals surface area contributed by atoms with E-state index < -0.39 is 17.4 Å². The van der Waals surface area contributed by atoms with Gasteiger partial charge in [-0.15, -0.1) is 0 Å². The van der Waals surface area contributed by atoms with Crippen molar-refractivity contribution in [3.05, 3.63) is 71.2 Å². The molecule has 4 aromatic rings. The molecule has 0 fully saturated rings. The Hall–Kier alpha value is -4.52. The summed E-state index contributed by atoms with van der Waals surface area (Å²) in [6.45, 7) is 1.68. The Morgan fingerprint density at radius 2 is 1.94 bits per heavy atom. The van der Waals surface area contributed by atoms with Gasteiger partial charge in [-0.3, -0.25) is 4.79 Å². The number of nitrogens with one attached hydrogen (secondary N) is 3. The van der Waals surface area contributed by atoms with E-state index in [1.54, 1.807) is 31.2 Å². The summed E-state index contributed by atoms with van der Waals surface area (Å²) in [6.07, 6.45) is 1.13. The quantitative estimate of drug-likeness (QED) is 0.431. The van der Waals surface area contributed by atoms with E-state index >= 15 is 0 Å². The van der Waals surface area contributed by atoms with Crippen molar-refractivity contribution in [3.8, 4) is 17.7 Å². The van der Waals surface area contributed by atoms with Gasteiger partial charge in [0.1, 0.15) is 12.4 Å². The maximum Gasteiger partial charge on any atom is 0.251 e. The number of carbonyl (C=O) groups is 1. The van der Waals surface area contributed by atoms with Gasteiger partial charge >= 0.3 is 0 Å². The number of aryl methyl sites for hydroxylation is 1. The molecule has 3 N–H and O–H groups in total. The van der Waals surface area contributed by atoms with Crippen LogP contribution in [0.4, 0.5) is 20.3 Å². The van der Waals surface area contributed by atoms with Gasteiger partial charge in [0.25, 0.3) is 5.91 Å². The number of hydrogen-bond donors (Lipinski definition) is 3. The molecule has 0 atom stereocenters. The Morgan fingerprint density at radius 3 is 2.62 bits per heavy atom. The van der Waals surface area contributed by atoms with Gasteiger partial charge in [-0.2, -0.15) is 5.26 Å². The van der Waals surface area contributed by atoms with Crippen molar-refractivity contribution in [1.29, 1.82) is 5.26 Å². The highest BCUT2D eigenvalue weighted by molar-refractivity contribution is 5.94. The van der Waals surface area contributed by atoms with Crippen LogP contribution < -0.4 is 15.4 Å². The molecule has 0 unspecified atom stereocenters. The highest BCUT2D eigenvalue weighted by atomic mass is 19.1. The second-order valence-electron chi connectivity index (χ2n) is 6.81. The summed E-state index contributed by atoms with van der Waals surface area (Å²) in [7, 11) is 1.53. The number of hydrogen-bond acceptors (Lipinski definition) is 6. The number of ether oxygens (including phenoxy) is 1. The lowest BCUT2D eigenvalue weighted by Crippen LogP contribution is -2.17. The number of benzene rings is 2. The lowest BCUT2D eigenvalue weighted by atomic mass is 10.2. The van der Waals surface area contributed by atoms with E-state index in [0.717, 1.165) is 12.4 Å². The van der Waals surface area contributed by atoms with Crippen molar-refractivity contribution < 1.29 is 18.3 Å². The number of fused-ring (bicyclic) bond motifs is 1. The lowest BCUT2D eigenvalue weighted by Gasteiger charge is -2.12. The van der Waals surface area contributed by atoms with Gasteiger partial charge in [-0.25, -0.2) is 18.7 Å². The van der Waals surface area contributed by atoms with Crippen LogP contribution in [-0.4, -0.2) is 27.9 Å². The highest BCUT2D eigenvalue weighted by Gasteiger charge is 2.20. The summed E-state index contributed by atoms with van der Waals surface area (Å²) in [5.41, 5.74) is 1.51. The normalized spacial score (nSPS) is 10.6. The number of halogens is 2. The van der Waals surface area contributed by atoms with E-state index in [1.807, 2.05) is 6.07 Å². The maximum absolute atomic E-state index is 14.9. The summed E-state index contributed by atoms with van der Waals surface area (Å²) in [5.74, 6) is -2.28. The summed E-state index contributed by atoms with van der Waals surface area (Å²) in [5, 5.41) is 15.1. The van der Waals surface area contributed by atoms with E-state index in [1.165, 1.54) is 13.1 Å². The van der Waals surface area contributed by atoms with Crippen LogP contribution in [0.3, 0.4) is 0 Å². The van der Waals surface area contributed by atoms with E-state index in [0.29, 0.717) is 16.9 Å². The Labute approximate surface area is 180 Å². The molecule has 0 aliphatic rings. The molecule has 10 heteroatoms. The van der Waals surface area contributed by atoms with Crippen molar-refractivity contribution in [1.82, 2.24) is 20.3 Å². The predicted octanol–water partition coefficient (Wildman–Crippen LogP) is 4.31. The number of H-pyrrole nitrogens is 1. The zero-order valence-electron chi connectivity index (χ0n) is 17.0. The van der Waals surface area contributed by atoms with Crippen molar-refractivity contribution in [2.24, 2.45) is 0 Å². The van der Waals surface area contributed by atoms with Crippen LogP contribution in [0, 0.1) is 29.9 Å². The number of aromatic amines is 1. The number of aromatic nitrogens is 3. The molecule has 0 saturated carbocycles. The first-order chi connectivity index (χ1) is 15.4. The number of amides is 1. The number of nitriles is 1. The predicted molar refractivity (Wildman–Crippen MR) is 113 cm³/mol. The van der Waals surface area contributed by atoms with Crippen LogP contribution in [0.5, 0.6) is 11.6 Å². The topological polar surface area (TPSA) is 116 Å². The summed E-state index contributed by atoms with van der Waals surface area (Å²) in [4.78, 5) is 22.4. The van der Waals surface area contributed by atoms with Crippen LogP contribution in [0.1, 0.15) is 21.6 Å². The molecule has 160 valence electrons. The van der Waals surface area contributed by atoms with Crippen molar-refractivity contribution in [2.45, 2.75) is 6.92 Å². The molecule has 32 heavy (non-hydrogen) atoms. The van der Waals surface area contributed by atoms with Gasteiger partial charge in [-0.1, -0.05) is 0 Å². The Kier molecular flexibility index (Phi) is 5.39. The first-order valence-corrected chi connectivity index (χ1v) is 9.40. The van der Waals surface area contributed by atoms with Crippen LogP contribution in [0.15, 0.2) is 42.7 Å². The molecular formula is C22H16F2N6O2. The summed E-state index contributed by atoms with van der Waals surface area (Å²) < 4.78 is 34.7. The molecule has 8 nitrogen and oxygen atoms in total. The highest BCUT2D eigenvalue weighted by Crippen LogP contribution is 2.34. The number of nitrogens with zero attached hydrogens (tertiary/aromatic N) is 3. The van der Waals surface area contributed by atoms with E-state index in [2.05, 4.69) is 25.6 Å². The van der Waals surface area contributed by atoms with Crippen LogP contribution in [0.2, 0.25) is 0 Å². The molecule has 0 saturated heterocycles. The lowest BCUT2D eigenvalue weighted by molar-refractivity contribution is 0.0963. The third-order valence-electron chi connectivity index (χ3n) is 4.67. The SMILES string of the molecule is CNC(=O)c1ccc(Nc2ncnc(Oc3cc(F)c4[nH]c(C)cc4c3F)c2C#N)cc1. The molecule has 0 aliphatic carbocycles. The molecule has 0 bridgehead atoms. The minimum absolute atomic E-state index is 0.0260.